The second-order valence-corrected chi connectivity index (χ2v) is 10.8. The van der Waals surface area contributed by atoms with Gasteiger partial charge in [-0.05, 0) is 69.2 Å². The quantitative estimate of drug-likeness (QED) is 0.417. The third-order valence-electron chi connectivity index (χ3n) is 6.14. The number of benzene rings is 1. The maximum atomic E-state index is 13.3. The Labute approximate surface area is 203 Å². The lowest BCUT2D eigenvalue weighted by Gasteiger charge is -2.25. The van der Waals surface area contributed by atoms with Crippen LogP contribution in [0.15, 0.2) is 64.2 Å². The largest absolute Gasteiger partial charge is 0.463 e. The number of carbonyl (C=O) groups is 1. The van der Waals surface area contributed by atoms with Crippen molar-refractivity contribution in [3.63, 3.8) is 0 Å². The SMILES string of the molecule is CC(C)n1ncc2c(C(=O)Nc3ccc(S(=O)(=O)N4CCCCC4)cc3)cc(-c3ccco3)nc21. The molecule has 3 aromatic heterocycles. The first-order valence-electron chi connectivity index (χ1n) is 11.7. The summed E-state index contributed by atoms with van der Waals surface area (Å²) in [5.74, 6) is 0.199. The second kappa shape index (κ2) is 9.27. The van der Waals surface area contributed by atoms with Gasteiger partial charge in [-0.1, -0.05) is 6.42 Å². The number of fused-ring (bicyclic) bond motifs is 1. The van der Waals surface area contributed by atoms with Gasteiger partial charge in [0.2, 0.25) is 10.0 Å². The van der Waals surface area contributed by atoms with E-state index in [0.29, 0.717) is 46.8 Å². The smallest absolute Gasteiger partial charge is 0.256 e. The van der Waals surface area contributed by atoms with E-state index in [1.54, 1.807) is 47.5 Å². The maximum absolute atomic E-state index is 13.3. The lowest BCUT2D eigenvalue weighted by Crippen LogP contribution is -2.35. The molecule has 1 aliphatic rings. The van der Waals surface area contributed by atoms with Crippen molar-refractivity contribution in [2.75, 3.05) is 18.4 Å². The molecule has 0 bridgehead atoms. The van der Waals surface area contributed by atoms with Crippen LogP contribution in [0.3, 0.4) is 0 Å². The number of carbonyl (C=O) groups excluding carboxylic acids is 1. The predicted molar refractivity (Wildman–Crippen MR) is 133 cm³/mol. The number of furan rings is 1. The fourth-order valence-electron chi connectivity index (χ4n) is 4.30. The summed E-state index contributed by atoms with van der Waals surface area (Å²) in [4.78, 5) is 18.2. The van der Waals surface area contributed by atoms with Crippen molar-refractivity contribution in [1.82, 2.24) is 19.1 Å². The predicted octanol–water partition coefficient (Wildman–Crippen LogP) is 4.70. The number of anilines is 1. The summed E-state index contributed by atoms with van der Waals surface area (Å²) in [6, 6.07) is 11.6. The van der Waals surface area contributed by atoms with E-state index in [1.165, 1.54) is 16.4 Å². The molecule has 1 saturated heterocycles. The van der Waals surface area contributed by atoms with E-state index in [4.69, 9.17) is 4.42 Å². The highest BCUT2D eigenvalue weighted by Crippen LogP contribution is 2.28. The highest BCUT2D eigenvalue weighted by molar-refractivity contribution is 7.89. The Morgan fingerprint density at radius 3 is 2.49 bits per heavy atom. The van der Waals surface area contributed by atoms with E-state index < -0.39 is 10.0 Å². The molecule has 0 spiro atoms. The lowest BCUT2D eigenvalue weighted by molar-refractivity contribution is 0.102. The van der Waals surface area contributed by atoms with Crippen LogP contribution in [0.1, 0.15) is 49.5 Å². The van der Waals surface area contributed by atoms with Crippen LogP contribution in [-0.4, -0.2) is 46.5 Å². The number of hydrogen-bond donors (Lipinski definition) is 1. The van der Waals surface area contributed by atoms with Crippen molar-refractivity contribution in [1.29, 1.82) is 0 Å². The van der Waals surface area contributed by atoms with Gasteiger partial charge in [-0.2, -0.15) is 9.40 Å². The molecule has 182 valence electrons. The molecule has 0 atom stereocenters. The highest BCUT2D eigenvalue weighted by Gasteiger charge is 2.26. The van der Waals surface area contributed by atoms with Crippen molar-refractivity contribution in [3.05, 3.63) is 60.5 Å². The molecular formula is C25H27N5O4S. The second-order valence-electron chi connectivity index (χ2n) is 8.90. The Morgan fingerprint density at radius 1 is 1.09 bits per heavy atom. The summed E-state index contributed by atoms with van der Waals surface area (Å²) in [6.07, 6.45) is 6.00. The minimum absolute atomic E-state index is 0.0529. The van der Waals surface area contributed by atoms with Gasteiger partial charge in [0.15, 0.2) is 11.4 Å². The first-order chi connectivity index (χ1) is 16.8. The van der Waals surface area contributed by atoms with Crippen molar-refractivity contribution in [3.8, 4) is 11.5 Å². The molecule has 1 aromatic carbocycles. The molecule has 5 rings (SSSR count). The molecule has 1 N–H and O–H groups in total. The zero-order valence-corrected chi connectivity index (χ0v) is 20.5. The van der Waals surface area contributed by atoms with Crippen LogP contribution in [0.25, 0.3) is 22.5 Å². The Hall–Kier alpha value is -3.50. The average Bonchev–Trinajstić information content (AvgIpc) is 3.55. The number of pyridine rings is 1. The van der Waals surface area contributed by atoms with Crippen molar-refractivity contribution < 1.29 is 17.6 Å². The summed E-state index contributed by atoms with van der Waals surface area (Å²) >= 11 is 0. The van der Waals surface area contributed by atoms with Gasteiger partial charge in [-0.3, -0.25) is 4.79 Å². The Bertz CT molecular complexity index is 1450. The van der Waals surface area contributed by atoms with Crippen LogP contribution in [-0.2, 0) is 10.0 Å². The molecular weight excluding hydrogens is 466 g/mol. The zero-order chi connectivity index (χ0) is 24.6. The first kappa shape index (κ1) is 23.3. The molecule has 0 aliphatic carbocycles. The minimum atomic E-state index is -3.53. The van der Waals surface area contributed by atoms with Crippen molar-refractivity contribution in [2.45, 2.75) is 44.0 Å². The minimum Gasteiger partial charge on any atom is -0.463 e. The van der Waals surface area contributed by atoms with Gasteiger partial charge in [0.05, 0.1) is 28.3 Å². The van der Waals surface area contributed by atoms with E-state index in [0.717, 1.165) is 19.3 Å². The van der Waals surface area contributed by atoms with Gasteiger partial charge >= 0.3 is 0 Å². The van der Waals surface area contributed by atoms with Crippen molar-refractivity contribution >= 4 is 32.7 Å². The van der Waals surface area contributed by atoms with E-state index >= 15 is 0 Å². The topological polar surface area (TPSA) is 110 Å². The van der Waals surface area contributed by atoms with Crippen LogP contribution in [0.4, 0.5) is 5.69 Å². The Balaban J connectivity index is 1.45. The summed E-state index contributed by atoms with van der Waals surface area (Å²) in [7, 11) is -3.53. The van der Waals surface area contributed by atoms with Crippen LogP contribution in [0.2, 0.25) is 0 Å². The van der Waals surface area contributed by atoms with Gasteiger partial charge in [-0.15, -0.1) is 0 Å². The maximum Gasteiger partial charge on any atom is 0.256 e. The molecule has 1 amide bonds. The van der Waals surface area contributed by atoms with E-state index in [-0.39, 0.29) is 16.8 Å². The Kier molecular flexibility index (Phi) is 6.16. The number of nitrogens with zero attached hydrogens (tertiary/aromatic N) is 4. The van der Waals surface area contributed by atoms with Crippen molar-refractivity contribution in [2.24, 2.45) is 0 Å². The molecule has 0 radical (unpaired) electrons. The van der Waals surface area contributed by atoms with E-state index in [1.807, 2.05) is 13.8 Å². The summed E-state index contributed by atoms with van der Waals surface area (Å²) in [6.45, 7) is 5.07. The number of nitrogens with one attached hydrogen (secondary N) is 1. The molecule has 4 aromatic rings. The third kappa shape index (κ3) is 4.46. The molecule has 10 heteroatoms. The lowest BCUT2D eigenvalue weighted by atomic mass is 10.1. The van der Waals surface area contributed by atoms with Crippen LogP contribution in [0, 0.1) is 0 Å². The van der Waals surface area contributed by atoms with Gasteiger partial charge in [0.1, 0.15) is 5.69 Å². The molecule has 4 heterocycles. The number of sulfonamides is 1. The molecule has 0 saturated carbocycles. The fourth-order valence-corrected chi connectivity index (χ4v) is 5.81. The normalized spacial score (nSPS) is 15.1. The monoisotopic (exact) mass is 493 g/mol. The number of aromatic nitrogens is 3. The molecule has 9 nitrogen and oxygen atoms in total. The van der Waals surface area contributed by atoms with Crippen LogP contribution in [0.5, 0.6) is 0 Å². The van der Waals surface area contributed by atoms with E-state index in [9.17, 15) is 13.2 Å². The zero-order valence-electron chi connectivity index (χ0n) is 19.6. The molecule has 1 aliphatic heterocycles. The summed E-state index contributed by atoms with van der Waals surface area (Å²) in [5.41, 5.74) is 2.01. The number of rotatable bonds is 6. The van der Waals surface area contributed by atoms with Crippen LogP contribution < -0.4 is 5.32 Å². The Morgan fingerprint density at radius 2 is 1.83 bits per heavy atom. The number of hydrogen-bond acceptors (Lipinski definition) is 6. The van der Waals surface area contributed by atoms with Gasteiger partial charge in [-0.25, -0.2) is 18.1 Å². The number of piperidine rings is 1. The fraction of sp³-hybridized carbons (Fsp3) is 0.320. The highest BCUT2D eigenvalue weighted by atomic mass is 32.2. The standard InChI is InChI=1S/C25H27N5O4S/c1-17(2)30-24-21(16-26-30)20(15-22(28-24)23-7-6-14-34-23)25(31)27-18-8-10-19(11-9-18)35(32,33)29-12-4-3-5-13-29/h6-11,14-17H,3-5,12-13H2,1-2H3,(H,27,31). The summed E-state index contributed by atoms with van der Waals surface area (Å²) in [5, 5.41) is 7.92. The molecule has 1 fully saturated rings. The first-order valence-corrected chi connectivity index (χ1v) is 13.1. The average molecular weight is 494 g/mol. The molecule has 35 heavy (non-hydrogen) atoms. The van der Waals surface area contributed by atoms with Crippen LogP contribution >= 0.6 is 0 Å². The number of amides is 1. The third-order valence-corrected chi connectivity index (χ3v) is 8.05. The molecule has 0 unspecified atom stereocenters. The van der Waals surface area contributed by atoms with E-state index in [2.05, 4.69) is 15.4 Å². The van der Waals surface area contributed by atoms with Gasteiger partial charge in [0.25, 0.3) is 5.91 Å². The van der Waals surface area contributed by atoms with Gasteiger partial charge < -0.3 is 9.73 Å². The van der Waals surface area contributed by atoms with Gasteiger partial charge in [0, 0.05) is 24.8 Å². The summed E-state index contributed by atoms with van der Waals surface area (Å²) < 4.78 is 34.6.